The second-order valence-corrected chi connectivity index (χ2v) is 4.55. The minimum absolute atomic E-state index is 0.0385. The van der Waals surface area contributed by atoms with E-state index in [0.29, 0.717) is 0 Å². The van der Waals surface area contributed by atoms with Crippen LogP contribution < -0.4 is 5.73 Å². The summed E-state index contributed by atoms with van der Waals surface area (Å²) in [6.45, 7) is -0.752. The van der Waals surface area contributed by atoms with Gasteiger partial charge in [0.2, 0.25) is 0 Å². The number of hydrogen-bond donors (Lipinski definition) is 3. The maximum absolute atomic E-state index is 13.3. The molecule has 0 amide bonds. The van der Waals surface area contributed by atoms with Crippen molar-refractivity contribution < 1.29 is 20.7 Å². The number of nitrogens with two attached hydrogens (primary N) is 1. The summed E-state index contributed by atoms with van der Waals surface area (Å²) >= 11 is 0. The van der Waals surface area contributed by atoms with Gasteiger partial charge in [0, 0.05) is 6.42 Å². The highest BCUT2D eigenvalue weighted by Gasteiger charge is 2.47. The Morgan fingerprint density at radius 1 is 1.71 bits per heavy atom. The average Bonchev–Trinajstić information content (AvgIpc) is 2.97. The number of terminal acetylenes is 1. The lowest BCUT2D eigenvalue weighted by atomic mass is 9.99. The second kappa shape index (κ2) is 4.63. The molecule has 1 fully saturated rings. The molecule has 0 unspecified atom stereocenters. The molecule has 2 aromatic heterocycles. The summed E-state index contributed by atoms with van der Waals surface area (Å²) in [7, 11) is 0. The molecule has 3 atom stereocenters. The third kappa shape index (κ3) is 1.92. The van der Waals surface area contributed by atoms with E-state index >= 15 is 0 Å². The van der Waals surface area contributed by atoms with Crippen LogP contribution in [0.4, 0.5) is 10.2 Å². The Bertz CT molecular complexity index is 789. The van der Waals surface area contributed by atoms with Crippen LogP contribution in [0.1, 0.15) is 14.0 Å². The third-order valence-electron chi connectivity index (χ3n) is 3.36. The number of aromatic nitrogens is 4. The van der Waals surface area contributed by atoms with Gasteiger partial charge >= 0.3 is 6.08 Å². The molecule has 0 radical (unpaired) electrons. The van der Waals surface area contributed by atoms with Gasteiger partial charge in [0.1, 0.15) is 12.3 Å². The topological polar surface area (TPSA) is 119 Å². The van der Waals surface area contributed by atoms with Gasteiger partial charge in [0.25, 0.3) is 0 Å². The van der Waals surface area contributed by atoms with Crippen molar-refractivity contribution in [1.29, 1.82) is 0 Å². The number of ether oxygens (including phenoxy) is 1. The van der Waals surface area contributed by atoms with Crippen LogP contribution in [0.2, 0.25) is 0 Å². The Hall–Kier alpha value is -2.28. The number of hydrogen-bond acceptors (Lipinski definition) is 7. The fourth-order valence-electron chi connectivity index (χ4n) is 2.24. The molecule has 3 heterocycles. The number of anilines is 1. The van der Waals surface area contributed by atoms with Gasteiger partial charge in [-0.05, 0) is 0 Å². The Morgan fingerprint density at radius 3 is 3.10 bits per heavy atom. The lowest BCUT2D eigenvalue weighted by Gasteiger charge is -2.23. The molecular formula is C12H12FN5O3. The van der Waals surface area contributed by atoms with E-state index < -0.39 is 30.6 Å². The summed E-state index contributed by atoms with van der Waals surface area (Å²) in [4.78, 5) is 10.9. The number of aliphatic hydroxyl groups is 2. The molecular weight excluding hydrogens is 281 g/mol. The quantitative estimate of drug-likeness (QED) is 0.489. The number of fused-ring (bicyclic) bond motifs is 1. The van der Waals surface area contributed by atoms with Crippen LogP contribution in [-0.4, -0.2) is 48.0 Å². The van der Waals surface area contributed by atoms with Crippen LogP contribution in [0.25, 0.3) is 11.2 Å². The second-order valence-electron chi connectivity index (χ2n) is 4.55. The highest BCUT2D eigenvalue weighted by molar-refractivity contribution is 5.81. The van der Waals surface area contributed by atoms with Crippen molar-refractivity contribution in [2.24, 2.45) is 0 Å². The number of rotatable bonds is 2. The highest BCUT2D eigenvalue weighted by atomic mass is 19.1. The molecule has 0 bridgehead atoms. The van der Waals surface area contributed by atoms with Crippen LogP contribution in [0.15, 0.2) is 6.33 Å². The van der Waals surface area contributed by atoms with Gasteiger partial charge in [-0.2, -0.15) is 14.4 Å². The molecule has 4 N–H and O–H groups in total. The Balaban J connectivity index is 2.09. The van der Waals surface area contributed by atoms with Gasteiger partial charge in [-0.3, -0.25) is 4.57 Å². The lowest BCUT2D eigenvalue weighted by molar-refractivity contribution is -0.0891. The summed E-state index contributed by atoms with van der Waals surface area (Å²) in [6, 6.07) is 0. The molecule has 2 aromatic rings. The van der Waals surface area contributed by atoms with Crippen LogP contribution >= 0.6 is 0 Å². The van der Waals surface area contributed by atoms with Crippen molar-refractivity contribution in [3.05, 3.63) is 12.4 Å². The zero-order valence-corrected chi connectivity index (χ0v) is 10.7. The number of nitrogen functional groups attached to an aromatic ring is 1. The van der Waals surface area contributed by atoms with Crippen molar-refractivity contribution in [2.75, 3.05) is 12.3 Å². The molecule has 9 heteroatoms. The number of aliphatic hydroxyl groups excluding tert-OH is 1. The van der Waals surface area contributed by atoms with E-state index in [9.17, 15) is 14.6 Å². The van der Waals surface area contributed by atoms with Crippen molar-refractivity contribution in [3.63, 3.8) is 0 Å². The van der Waals surface area contributed by atoms with E-state index in [1.165, 1.54) is 10.9 Å². The Morgan fingerprint density at radius 2 is 2.48 bits per heavy atom. The van der Waals surface area contributed by atoms with E-state index in [0.717, 1.165) is 0 Å². The molecule has 0 aliphatic carbocycles. The summed E-state index contributed by atoms with van der Waals surface area (Å²) in [5.74, 6) is 1.96. The van der Waals surface area contributed by atoms with Crippen molar-refractivity contribution in [1.82, 2.24) is 19.5 Å². The predicted molar refractivity (Wildman–Crippen MR) is 69.1 cm³/mol. The first kappa shape index (κ1) is 12.5. The molecule has 0 saturated carbocycles. The fraction of sp³-hybridized carbons (Fsp3) is 0.417. The van der Waals surface area contributed by atoms with E-state index in [1.807, 2.05) is 0 Å². The summed E-state index contributed by atoms with van der Waals surface area (Å²) < 4.78 is 28.0. The Kier molecular flexibility index (Phi) is 2.75. The lowest BCUT2D eigenvalue weighted by Crippen LogP contribution is -2.41. The van der Waals surface area contributed by atoms with Gasteiger partial charge in [-0.25, -0.2) is 4.98 Å². The third-order valence-corrected chi connectivity index (χ3v) is 3.36. The van der Waals surface area contributed by atoms with E-state index in [4.69, 9.17) is 18.3 Å². The number of nitrogens with zero attached hydrogens (tertiary/aromatic N) is 4. The molecule has 1 aliphatic rings. The van der Waals surface area contributed by atoms with Crippen LogP contribution in [0.3, 0.4) is 0 Å². The van der Waals surface area contributed by atoms with Crippen LogP contribution in [-0.2, 0) is 4.74 Å². The minimum Gasteiger partial charge on any atom is -0.392 e. The summed E-state index contributed by atoms with van der Waals surface area (Å²) in [5, 5.41) is 19.5. The molecule has 0 spiro atoms. The standard InChI is InChI=1S/C12H12FN5O3/c1-2-12(4-19)6(20)3-7(21-12)18-5-15-8-9(14)16-11(13)17-10(8)18/h1,5-7,19-20H,3-4H2,(H2,14,16,17)/t6-,7-,12-/m1/s1/i6D. The van der Waals surface area contributed by atoms with Crippen molar-refractivity contribution in [2.45, 2.75) is 24.3 Å². The van der Waals surface area contributed by atoms with E-state index in [1.54, 1.807) is 0 Å². The molecule has 1 saturated heterocycles. The van der Waals surface area contributed by atoms with Crippen molar-refractivity contribution in [3.8, 4) is 12.3 Å². The first-order valence-corrected chi connectivity index (χ1v) is 5.98. The van der Waals surface area contributed by atoms with Gasteiger partial charge in [-0.1, -0.05) is 5.92 Å². The van der Waals surface area contributed by atoms with E-state index in [2.05, 4.69) is 20.9 Å². The minimum atomic E-state index is -2.23. The zero-order chi connectivity index (χ0) is 16.1. The Labute approximate surface area is 119 Å². The maximum atomic E-state index is 13.3. The normalized spacial score (nSPS) is 33.0. The summed E-state index contributed by atoms with van der Waals surface area (Å²) in [6.07, 6.45) is 2.04. The van der Waals surface area contributed by atoms with Crippen LogP contribution in [0.5, 0.6) is 0 Å². The van der Waals surface area contributed by atoms with Crippen LogP contribution in [0, 0.1) is 18.4 Å². The smallest absolute Gasteiger partial charge is 0.312 e. The van der Waals surface area contributed by atoms with Gasteiger partial charge in [0.15, 0.2) is 22.6 Å². The SMILES string of the molecule is [2H][C@@]1(O)C[C@H](n2cnc3c(N)nc(F)nc32)O[C@]1(C#C)CO. The molecule has 110 valence electrons. The predicted octanol–water partition coefficient (Wildman–Crippen LogP) is -0.808. The molecule has 0 aromatic carbocycles. The molecule has 21 heavy (non-hydrogen) atoms. The zero-order valence-electron chi connectivity index (χ0n) is 11.7. The monoisotopic (exact) mass is 294 g/mol. The number of imidazole rings is 1. The average molecular weight is 294 g/mol. The van der Waals surface area contributed by atoms with Gasteiger partial charge < -0.3 is 20.7 Å². The maximum Gasteiger partial charge on any atom is 0.312 e. The first-order chi connectivity index (χ1) is 10.3. The first-order valence-electron chi connectivity index (χ1n) is 6.48. The molecule has 8 nitrogen and oxygen atoms in total. The number of halogens is 1. The largest absolute Gasteiger partial charge is 0.392 e. The molecule has 1 aliphatic heterocycles. The fourth-order valence-corrected chi connectivity index (χ4v) is 2.24. The molecule has 3 rings (SSSR count). The van der Waals surface area contributed by atoms with Crippen molar-refractivity contribution >= 4 is 17.0 Å². The van der Waals surface area contributed by atoms with Gasteiger partial charge in [-0.15, -0.1) is 6.42 Å². The van der Waals surface area contributed by atoms with E-state index in [-0.39, 0.29) is 23.4 Å². The highest BCUT2D eigenvalue weighted by Crippen LogP contribution is 2.37. The van der Waals surface area contributed by atoms with Gasteiger partial charge in [0.05, 0.1) is 14.3 Å². The summed E-state index contributed by atoms with van der Waals surface area (Å²) in [5.41, 5.74) is 3.86.